The zero-order chi connectivity index (χ0) is 12.1. The van der Waals surface area contributed by atoms with Gasteiger partial charge in [0.2, 0.25) is 5.91 Å². The second-order valence-corrected chi connectivity index (χ2v) is 4.94. The molecule has 2 aliphatic rings. The summed E-state index contributed by atoms with van der Waals surface area (Å²) in [5.74, 6) is 0.858. The summed E-state index contributed by atoms with van der Waals surface area (Å²) in [7, 11) is 0. The summed E-state index contributed by atoms with van der Waals surface area (Å²) in [6.45, 7) is 6.77. The number of piperazine rings is 1. The van der Waals surface area contributed by atoms with Crippen LogP contribution in [-0.4, -0.2) is 68.2 Å². The molecule has 0 aromatic heterocycles. The highest BCUT2D eigenvalue weighted by molar-refractivity contribution is 5.78. The number of hydrogen-bond acceptors (Lipinski definition) is 4. The van der Waals surface area contributed by atoms with Crippen LogP contribution in [0.1, 0.15) is 12.8 Å². The van der Waals surface area contributed by atoms with Gasteiger partial charge in [0.05, 0.1) is 6.54 Å². The van der Waals surface area contributed by atoms with Crippen molar-refractivity contribution in [2.75, 3.05) is 52.5 Å². The highest BCUT2D eigenvalue weighted by atomic mass is 16.5. The van der Waals surface area contributed by atoms with Crippen molar-refractivity contribution in [1.29, 1.82) is 0 Å². The molecule has 1 amide bonds. The van der Waals surface area contributed by atoms with Crippen molar-refractivity contribution >= 4 is 5.91 Å². The minimum absolute atomic E-state index is 0.0794. The van der Waals surface area contributed by atoms with E-state index < -0.39 is 0 Å². The lowest BCUT2D eigenvalue weighted by Gasteiger charge is -2.37. The standard InChI is InChI=1S/C12H23N3O2/c13-9-12(16)15-5-3-14(4-6-15)10-11-1-7-17-8-2-11/h11H,1-10,13H2. The van der Waals surface area contributed by atoms with Gasteiger partial charge in [0, 0.05) is 45.9 Å². The molecule has 5 heteroatoms. The highest BCUT2D eigenvalue weighted by Crippen LogP contribution is 2.16. The summed E-state index contributed by atoms with van der Waals surface area (Å²) in [5.41, 5.74) is 5.37. The lowest BCUT2D eigenvalue weighted by Crippen LogP contribution is -2.51. The van der Waals surface area contributed by atoms with Gasteiger partial charge in [-0.05, 0) is 18.8 Å². The van der Waals surface area contributed by atoms with E-state index in [4.69, 9.17) is 10.5 Å². The number of nitrogens with two attached hydrogens (primary N) is 1. The molecule has 2 heterocycles. The molecule has 17 heavy (non-hydrogen) atoms. The van der Waals surface area contributed by atoms with Crippen LogP contribution in [0.3, 0.4) is 0 Å². The van der Waals surface area contributed by atoms with E-state index in [1.54, 1.807) is 0 Å². The van der Waals surface area contributed by atoms with Gasteiger partial charge in [-0.1, -0.05) is 0 Å². The van der Waals surface area contributed by atoms with E-state index in [9.17, 15) is 4.79 Å². The van der Waals surface area contributed by atoms with Crippen molar-refractivity contribution in [3.63, 3.8) is 0 Å². The van der Waals surface area contributed by atoms with Crippen LogP contribution in [0, 0.1) is 5.92 Å². The van der Waals surface area contributed by atoms with Crippen LogP contribution in [0.5, 0.6) is 0 Å². The molecular weight excluding hydrogens is 218 g/mol. The van der Waals surface area contributed by atoms with E-state index in [1.165, 1.54) is 12.8 Å². The van der Waals surface area contributed by atoms with Crippen LogP contribution in [0.15, 0.2) is 0 Å². The van der Waals surface area contributed by atoms with Gasteiger partial charge in [-0.15, -0.1) is 0 Å². The SMILES string of the molecule is NCC(=O)N1CCN(CC2CCOCC2)CC1. The van der Waals surface area contributed by atoms with Crippen LogP contribution in [0.2, 0.25) is 0 Å². The van der Waals surface area contributed by atoms with Crippen LogP contribution in [0.25, 0.3) is 0 Å². The van der Waals surface area contributed by atoms with E-state index in [-0.39, 0.29) is 12.5 Å². The lowest BCUT2D eigenvalue weighted by atomic mass is 9.99. The third kappa shape index (κ3) is 3.66. The van der Waals surface area contributed by atoms with Crippen molar-refractivity contribution in [2.45, 2.75) is 12.8 Å². The Morgan fingerprint density at radius 1 is 1.18 bits per heavy atom. The molecule has 0 atom stereocenters. The molecule has 0 aromatic carbocycles. The van der Waals surface area contributed by atoms with Crippen molar-refractivity contribution in [3.05, 3.63) is 0 Å². The minimum Gasteiger partial charge on any atom is -0.381 e. The van der Waals surface area contributed by atoms with Gasteiger partial charge in [-0.2, -0.15) is 0 Å². The smallest absolute Gasteiger partial charge is 0.236 e. The fraction of sp³-hybridized carbons (Fsp3) is 0.917. The predicted molar refractivity (Wildman–Crippen MR) is 65.6 cm³/mol. The Labute approximate surface area is 103 Å². The number of carbonyl (C=O) groups is 1. The fourth-order valence-electron chi connectivity index (χ4n) is 2.60. The monoisotopic (exact) mass is 241 g/mol. The predicted octanol–water partition coefficient (Wildman–Crippen LogP) is -0.484. The summed E-state index contributed by atoms with van der Waals surface area (Å²) in [6, 6.07) is 0. The molecule has 98 valence electrons. The van der Waals surface area contributed by atoms with Crippen LogP contribution < -0.4 is 5.73 Å². The van der Waals surface area contributed by atoms with Crippen LogP contribution in [0.4, 0.5) is 0 Å². The van der Waals surface area contributed by atoms with Gasteiger partial charge in [0.15, 0.2) is 0 Å². The average Bonchev–Trinajstić information content (AvgIpc) is 2.40. The quantitative estimate of drug-likeness (QED) is 0.725. The molecule has 2 N–H and O–H groups in total. The summed E-state index contributed by atoms with van der Waals surface area (Å²) in [5, 5.41) is 0. The van der Waals surface area contributed by atoms with Crippen molar-refractivity contribution < 1.29 is 9.53 Å². The number of hydrogen-bond donors (Lipinski definition) is 1. The zero-order valence-corrected chi connectivity index (χ0v) is 10.4. The van der Waals surface area contributed by atoms with Crippen molar-refractivity contribution in [1.82, 2.24) is 9.80 Å². The number of ether oxygens (including phenoxy) is 1. The molecule has 0 spiro atoms. The molecule has 0 bridgehead atoms. The molecule has 0 radical (unpaired) electrons. The van der Waals surface area contributed by atoms with E-state index >= 15 is 0 Å². The molecule has 2 fully saturated rings. The molecular formula is C12H23N3O2. The first-order chi connectivity index (χ1) is 8.29. The second-order valence-electron chi connectivity index (χ2n) is 4.94. The normalized spacial score (nSPS) is 23.9. The first-order valence-corrected chi connectivity index (χ1v) is 6.57. The summed E-state index contributed by atoms with van der Waals surface area (Å²) < 4.78 is 5.37. The van der Waals surface area contributed by atoms with Gasteiger partial charge in [-0.25, -0.2) is 0 Å². The number of rotatable bonds is 3. The molecule has 0 saturated carbocycles. The number of nitrogens with zero attached hydrogens (tertiary/aromatic N) is 2. The van der Waals surface area contributed by atoms with Crippen molar-refractivity contribution in [2.24, 2.45) is 11.7 Å². The molecule has 2 aliphatic heterocycles. The molecule has 0 aliphatic carbocycles. The number of carbonyl (C=O) groups excluding carboxylic acids is 1. The topological polar surface area (TPSA) is 58.8 Å². The highest BCUT2D eigenvalue weighted by Gasteiger charge is 2.23. The van der Waals surface area contributed by atoms with Crippen LogP contribution in [-0.2, 0) is 9.53 Å². The van der Waals surface area contributed by atoms with E-state index in [0.29, 0.717) is 0 Å². The first-order valence-electron chi connectivity index (χ1n) is 6.57. The zero-order valence-electron chi connectivity index (χ0n) is 10.4. The second kappa shape index (κ2) is 6.33. The Bertz CT molecular complexity index is 246. The van der Waals surface area contributed by atoms with Crippen molar-refractivity contribution in [3.8, 4) is 0 Å². The van der Waals surface area contributed by atoms with Gasteiger partial charge in [-0.3, -0.25) is 9.69 Å². The Morgan fingerprint density at radius 3 is 2.41 bits per heavy atom. The fourth-order valence-corrected chi connectivity index (χ4v) is 2.60. The Balaban J connectivity index is 1.69. The maximum absolute atomic E-state index is 11.4. The first kappa shape index (κ1) is 12.8. The van der Waals surface area contributed by atoms with E-state index in [1.807, 2.05) is 4.90 Å². The average molecular weight is 241 g/mol. The van der Waals surface area contributed by atoms with Gasteiger partial charge in [0.25, 0.3) is 0 Å². The molecule has 0 aromatic rings. The molecule has 0 unspecified atom stereocenters. The Kier molecular flexibility index (Phi) is 4.76. The summed E-state index contributed by atoms with van der Waals surface area (Å²) in [6.07, 6.45) is 2.36. The Morgan fingerprint density at radius 2 is 1.82 bits per heavy atom. The van der Waals surface area contributed by atoms with Gasteiger partial charge >= 0.3 is 0 Å². The lowest BCUT2D eigenvalue weighted by molar-refractivity contribution is -0.131. The maximum atomic E-state index is 11.4. The van der Waals surface area contributed by atoms with Crippen LogP contribution >= 0.6 is 0 Å². The number of amides is 1. The molecule has 2 saturated heterocycles. The summed E-state index contributed by atoms with van der Waals surface area (Å²) in [4.78, 5) is 15.8. The third-order valence-corrected chi connectivity index (χ3v) is 3.76. The minimum atomic E-state index is 0.0794. The molecule has 5 nitrogen and oxygen atoms in total. The largest absolute Gasteiger partial charge is 0.381 e. The molecule has 2 rings (SSSR count). The van der Waals surface area contributed by atoms with Gasteiger partial charge < -0.3 is 15.4 Å². The third-order valence-electron chi connectivity index (χ3n) is 3.76. The van der Waals surface area contributed by atoms with Gasteiger partial charge in [0.1, 0.15) is 0 Å². The van der Waals surface area contributed by atoms with E-state index in [2.05, 4.69) is 4.90 Å². The summed E-state index contributed by atoms with van der Waals surface area (Å²) >= 11 is 0. The maximum Gasteiger partial charge on any atom is 0.236 e. The Hall–Kier alpha value is -0.650. The van der Waals surface area contributed by atoms with E-state index in [0.717, 1.165) is 51.9 Å².